The van der Waals surface area contributed by atoms with Gasteiger partial charge in [0.2, 0.25) is 0 Å². The van der Waals surface area contributed by atoms with Crippen molar-refractivity contribution < 1.29 is 4.74 Å². The summed E-state index contributed by atoms with van der Waals surface area (Å²) in [5.74, 6) is 1.03. The number of methoxy groups -OCH3 is 1. The van der Waals surface area contributed by atoms with Crippen LogP contribution in [-0.4, -0.2) is 20.2 Å². The van der Waals surface area contributed by atoms with E-state index in [1.54, 1.807) is 7.11 Å². The van der Waals surface area contributed by atoms with Crippen LogP contribution < -0.4 is 9.64 Å². The van der Waals surface area contributed by atoms with Crippen molar-refractivity contribution in [3.63, 3.8) is 0 Å². The van der Waals surface area contributed by atoms with Crippen LogP contribution in [0, 0.1) is 20.8 Å². The maximum atomic E-state index is 5.54. The van der Waals surface area contributed by atoms with Crippen molar-refractivity contribution in [2.75, 3.05) is 25.1 Å². The summed E-state index contributed by atoms with van der Waals surface area (Å²) in [6.07, 6.45) is 2.47. The molecule has 0 aromatic heterocycles. The Morgan fingerprint density at radius 3 is 1.91 bits per heavy atom. The first-order chi connectivity index (χ1) is 10.6. The topological polar surface area (TPSA) is 12.5 Å². The largest absolute Gasteiger partial charge is 0.496 e. The van der Waals surface area contributed by atoms with Gasteiger partial charge in [-0.3, -0.25) is 0 Å². The van der Waals surface area contributed by atoms with E-state index in [1.807, 2.05) is 27.7 Å². The molecule has 0 N–H and O–H groups in total. The number of anilines is 1. The van der Waals surface area contributed by atoms with Crippen molar-refractivity contribution >= 4 is 5.69 Å². The van der Waals surface area contributed by atoms with E-state index < -0.39 is 0 Å². The van der Waals surface area contributed by atoms with Gasteiger partial charge in [0.15, 0.2) is 0 Å². The molecule has 0 unspecified atom stereocenters. The first-order valence-corrected chi connectivity index (χ1v) is 8.96. The van der Waals surface area contributed by atoms with Gasteiger partial charge in [0.1, 0.15) is 5.75 Å². The van der Waals surface area contributed by atoms with Crippen LogP contribution in [-0.2, 0) is 0 Å². The molecular formula is C20H39NO. The Balaban J connectivity index is 0. The van der Waals surface area contributed by atoms with Crippen LogP contribution in [0.3, 0.4) is 0 Å². The lowest BCUT2D eigenvalue weighted by molar-refractivity contribution is 0.408. The quantitative estimate of drug-likeness (QED) is 0.611. The van der Waals surface area contributed by atoms with Gasteiger partial charge in [-0.05, 0) is 45.2 Å². The van der Waals surface area contributed by atoms with E-state index in [0.29, 0.717) is 0 Å². The minimum Gasteiger partial charge on any atom is -0.496 e. The predicted molar refractivity (Wildman–Crippen MR) is 103 cm³/mol. The molecule has 1 aromatic carbocycles. The molecule has 130 valence electrons. The van der Waals surface area contributed by atoms with Gasteiger partial charge in [-0.2, -0.15) is 0 Å². The molecule has 0 saturated carbocycles. The summed E-state index contributed by atoms with van der Waals surface area (Å²) >= 11 is 0. The van der Waals surface area contributed by atoms with E-state index in [4.69, 9.17) is 4.74 Å². The van der Waals surface area contributed by atoms with E-state index in [9.17, 15) is 0 Å². The van der Waals surface area contributed by atoms with Crippen molar-refractivity contribution in [3.05, 3.63) is 22.8 Å². The number of nitrogens with zero attached hydrogens (tertiary/aromatic N) is 1. The molecule has 0 spiro atoms. The Kier molecular flexibility index (Phi) is 14.1. The summed E-state index contributed by atoms with van der Waals surface area (Å²) in [5, 5.41) is 0. The highest BCUT2D eigenvalue weighted by molar-refractivity contribution is 5.65. The first-order valence-electron chi connectivity index (χ1n) is 8.96. The number of hydrogen-bond donors (Lipinski definition) is 0. The Morgan fingerprint density at radius 2 is 1.50 bits per heavy atom. The van der Waals surface area contributed by atoms with Crippen LogP contribution in [0.4, 0.5) is 5.69 Å². The highest BCUT2D eigenvalue weighted by Crippen LogP contribution is 2.35. The molecule has 0 fully saturated rings. The van der Waals surface area contributed by atoms with Gasteiger partial charge >= 0.3 is 0 Å². The first kappa shape index (κ1) is 23.1. The van der Waals surface area contributed by atoms with Crippen molar-refractivity contribution in [1.82, 2.24) is 0 Å². The highest BCUT2D eigenvalue weighted by Gasteiger charge is 2.15. The summed E-state index contributed by atoms with van der Waals surface area (Å²) in [6.45, 7) is 21.1. The molecule has 0 heterocycles. The summed E-state index contributed by atoms with van der Waals surface area (Å²) in [5.41, 5.74) is 5.20. The molecule has 0 saturated heterocycles. The monoisotopic (exact) mass is 309 g/mol. The van der Waals surface area contributed by atoms with Crippen LogP contribution in [0.2, 0.25) is 0 Å². The smallest absolute Gasteiger partial charge is 0.126 e. The fourth-order valence-electron chi connectivity index (χ4n) is 2.74. The standard InChI is InChI=1S/C16H27NO.2C2H6/c1-7-9-10-17(8-2)15-12(3)11-13(4)16(18-6)14(15)5;2*1-2/h11H,7-10H2,1-6H3;2*1-2H3. The Bertz CT molecular complexity index is 399. The third-order valence-corrected chi connectivity index (χ3v) is 3.54. The number of unbranched alkanes of at least 4 members (excludes halogenated alkanes) is 1. The Labute approximate surface area is 139 Å². The zero-order valence-electron chi connectivity index (χ0n) is 16.8. The lowest BCUT2D eigenvalue weighted by Crippen LogP contribution is -2.25. The van der Waals surface area contributed by atoms with Crippen molar-refractivity contribution in [2.24, 2.45) is 0 Å². The molecule has 2 nitrogen and oxygen atoms in total. The van der Waals surface area contributed by atoms with Crippen LogP contribution in [0.15, 0.2) is 6.07 Å². The molecule has 0 bridgehead atoms. The average molecular weight is 310 g/mol. The van der Waals surface area contributed by atoms with Gasteiger partial charge in [0, 0.05) is 24.3 Å². The van der Waals surface area contributed by atoms with E-state index in [1.165, 1.54) is 35.2 Å². The molecule has 22 heavy (non-hydrogen) atoms. The second kappa shape index (κ2) is 13.5. The summed E-state index contributed by atoms with van der Waals surface area (Å²) in [4.78, 5) is 2.47. The summed E-state index contributed by atoms with van der Waals surface area (Å²) < 4.78 is 5.54. The van der Waals surface area contributed by atoms with Gasteiger partial charge in [0.05, 0.1) is 7.11 Å². The Morgan fingerprint density at radius 1 is 0.955 bits per heavy atom. The zero-order chi connectivity index (χ0) is 17.7. The lowest BCUT2D eigenvalue weighted by Gasteiger charge is -2.28. The number of rotatable bonds is 6. The Hall–Kier alpha value is -1.18. The fraction of sp³-hybridized carbons (Fsp3) is 0.700. The predicted octanol–water partition coefficient (Wildman–Crippen LogP) is 6.30. The highest BCUT2D eigenvalue weighted by atomic mass is 16.5. The number of ether oxygens (including phenoxy) is 1. The van der Waals surface area contributed by atoms with Crippen molar-refractivity contribution in [3.8, 4) is 5.75 Å². The molecular weight excluding hydrogens is 270 g/mol. The molecule has 1 rings (SSSR count). The third kappa shape index (κ3) is 6.29. The SMILES string of the molecule is CC.CC.CCCCN(CC)c1c(C)cc(C)c(OC)c1C. The zero-order valence-corrected chi connectivity index (χ0v) is 16.8. The van der Waals surface area contributed by atoms with Crippen molar-refractivity contribution in [1.29, 1.82) is 0 Å². The summed E-state index contributed by atoms with van der Waals surface area (Å²) in [6, 6.07) is 2.23. The third-order valence-electron chi connectivity index (χ3n) is 3.54. The molecule has 1 aromatic rings. The maximum Gasteiger partial charge on any atom is 0.126 e. The number of hydrogen-bond acceptors (Lipinski definition) is 2. The summed E-state index contributed by atoms with van der Waals surface area (Å²) in [7, 11) is 1.76. The van der Waals surface area contributed by atoms with E-state index in [0.717, 1.165) is 18.8 Å². The second-order valence-corrected chi connectivity index (χ2v) is 4.95. The molecule has 0 aliphatic carbocycles. The minimum absolute atomic E-state index is 1.03. The van der Waals surface area contributed by atoms with E-state index >= 15 is 0 Å². The normalized spacial score (nSPS) is 9.18. The van der Waals surface area contributed by atoms with Gasteiger partial charge in [-0.1, -0.05) is 47.1 Å². The molecule has 0 radical (unpaired) electrons. The molecule has 0 amide bonds. The molecule has 2 heteroatoms. The second-order valence-electron chi connectivity index (χ2n) is 4.95. The van der Waals surface area contributed by atoms with Crippen LogP contribution >= 0.6 is 0 Å². The fourth-order valence-corrected chi connectivity index (χ4v) is 2.74. The molecule has 0 aliphatic rings. The average Bonchev–Trinajstić information content (AvgIpc) is 2.54. The molecule has 0 aliphatic heterocycles. The van der Waals surface area contributed by atoms with Gasteiger partial charge in [-0.25, -0.2) is 0 Å². The van der Waals surface area contributed by atoms with Crippen LogP contribution in [0.1, 0.15) is 71.1 Å². The van der Waals surface area contributed by atoms with Gasteiger partial charge in [-0.15, -0.1) is 0 Å². The molecule has 0 atom stereocenters. The van der Waals surface area contributed by atoms with Crippen molar-refractivity contribution in [2.45, 2.75) is 75.2 Å². The van der Waals surface area contributed by atoms with E-state index in [2.05, 4.69) is 45.6 Å². The minimum atomic E-state index is 1.03. The van der Waals surface area contributed by atoms with Crippen LogP contribution in [0.5, 0.6) is 5.75 Å². The lowest BCUT2D eigenvalue weighted by atomic mass is 10.0. The van der Waals surface area contributed by atoms with E-state index in [-0.39, 0.29) is 0 Å². The van der Waals surface area contributed by atoms with Gasteiger partial charge in [0.25, 0.3) is 0 Å². The maximum absolute atomic E-state index is 5.54. The van der Waals surface area contributed by atoms with Crippen LogP contribution in [0.25, 0.3) is 0 Å². The van der Waals surface area contributed by atoms with Gasteiger partial charge < -0.3 is 9.64 Å². The number of aryl methyl sites for hydroxylation is 2. The number of benzene rings is 1.